The third-order valence-electron chi connectivity index (χ3n) is 9.88. The fraction of sp³-hybridized carbons (Fsp3) is 0.119. The molecule has 45 heavy (non-hydrogen) atoms. The minimum absolute atomic E-state index is 0.166. The molecule has 2 aliphatic rings. The second-order valence-corrected chi connectivity index (χ2v) is 12.4. The van der Waals surface area contributed by atoms with E-state index >= 15 is 0 Å². The molecule has 6 aromatic carbocycles. The molecule has 1 saturated carbocycles. The van der Waals surface area contributed by atoms with Crippen molar-refractivity contribution in [3.8, 4) is 56.4 Å². The van der Waals surface area contributed by atoms with Crippen LogP contribution in [-0.2, 0) is 5.41 Å². The van der Waals surface area contributed by atoms with E-state index in [4.69, 9.17) is 15.0 Å². The maximum Gasteiger partial charge on any atom is 0.164 e. The molecule has 1 spiro atoms. The van der Waals surface area contributed by atoms with E-state index in [0.717, 1.165) is 16.7 Å². The molecule has 1 aromatic heterocycles. The number of hydrogen-bond donors (Lipinski definition) is 0. The zero-order valence-electron chi connectivity index (χ0n) is 24.9. The van der Waals surface area contributed by atoms with Gasteiger partial charge in [-0.15, -0.1) is 0 Å². The number of fused-ring (bicyclic) bond motifs is 6. The average Bonchev–Trinajstić information content (AvgIpc) is 3.72. The highest BCUT2D eigenvalue weighted by molar-refractivity contribution is 5.87. The zero-order valence-corrected chi connectivity index (χ0v) is 24.9. The summed E-state index contributed by atoms with van der Waals surface area (Å²) in [6.07, 6.45) is 5.07. The maximum atomic E-state index is 5.00. The molecule has 0 amide bonds. The second-order valence-electron chi connectivity index (χ2n) is 12.4. The molecule has 0 N–H and O–H groups in total. The van der Waals surface area contributed by atoms with Gasteiger partial charge in [-0.05, 0) is 69.1 Å². The van der Waals surface area contributed by atoms with E-state index in [1.165, 1.54) is 69.8 Å². The van der Waals surface area contributed by atoms with Crippen LogP contribution in [0.2, 0.25) is 0 Å². The molecule has 214 valence electrons. The van der Waals surface area contributed by atoms with E-state index in [1.54, 1.807) is 0 Å². The number of benzene rings is 6. The smallest absolute Gasteiger partial charge is 0.164 e. The molecule has 1 heterocycles. The number of aromatic nitrogens is 3. The Morgan fingerprint density at radius 3 is 1.71 bits per heavy atom. The van der Waals surface area contributed by atoms with Gasteiger partial charge in [0.25, 0.3) is 0 Å². The van der Waals surface area contributed by atoms with Crippen molar-refractivity contribution in [1.82, 2.24) is 15.0 Å². The highest BCUT2D eigenvalue weighted by Gasteiger charge is 2.44. The van der Waals surface area contributed by atoms with Gasteiger partial charge in [0.05, 0.1) is 0 Å². The van der Waals surface area contributed by atoms with Crippen LogP contribution in [0.25, 0.3) is 67.2 Å². The van der Waals surface area contributed by atoms with Crippen molar-refractivity contribution in [2.24, 2.45) is 0 Å². The van der Waals surface area contributed by atoms with E-state index in [2.05, 4.69) is 121 Å². The molecule has 0 bridgehead atoms. The monoisotopic (exact) mass is 577 g/mol. The van der Waals surface area contributed by atoms with Crippen molar-refractivity contribution < 1.29 is 0 Å². The van der Waals surface area contributed by atoms with E-state index in [-0.39, 0.29) is 5.41 Å². The van der Waals surface area contributed by atoms with Gasteiger partial charge in [0.2, 0.25) is 0 Å². The molecular weight excluding hydrogens is 546 g/mol. The quantitative estimate of drug-likeness (QED) is 0.209. The SMILES string of the molecule is c1ccc(-c2nc(-c3ccc(-c4ccc5c(c4)C4(CCCC4)c4ccccc4-5)cc3)nc(-c3ccc4ccccc4c3)n2)cc1. The van der Waals surface area contributed by atoms with Gasteiger partial charge < -0.3 is 0 Å². The Bertz CT molecular complexity index is 2210. The van der Waals surface area contributed by atoms with E-state index in [0.29, 0.717) is 17.5 Å². The molecule has 0 unspecified atom stereocenters. The van der Waals surface area contributed by atoms with Crippen molar-refractivity contribution in [3.63, 3.8) is 0 Å². The van der Waals surface area contributed by atoms with Crippen LogP contribution in [0.5, 0.6) is 0 Å². The fourth-order valence-corrected chi connectivity index (χ4v) is 7.64. The average molecular weight is 578 g/mol. The van der Waals surface area contributed by atoms with Gasteiger partial charge >= 0.3 is 0 Å². The molecule has 1 fully saturated rings. The Morgan fingerprint density at radius 2 is 0.933 bits per heavy atom. The van der Waals surface area contributed by atoms with Gasteiger partial charge in [-0.3, -0.25) is 0 Å². The lowest BCUT2D eigenvalue weighted by molar-refractivity contribution is 0.550. The van der Waals surface area contributed by atoms with Gasteiger partial charge in [0.1, 0.15) is 0 Å². The van der Waals surface area contributed by atoms with Gasteiger partial charge in [-0.2, -0.15) is 0 Å². The molecule has 3 heteroatoms. The second kappa shape index (κ2) is 10.3. The lowest BCUT2D eigenvalue weighted by Crippen LogP contribution is -2.20. The van der Waals surface area contributed by atoms with Crippen LogP contribution in [0.1, 0.15) is 36.8 Å². The lowest BCUT2D eigenvalue weighted by atomic mass is 9.76. The highest BCUT2D eigenvalue weighted by atomic mass is 15.0. The van der Waals surface area contributed by atoms with Gasteiger partial charge in [-0.1, -0.05) is 140 Å². The van der Waals surface area contributed by atoms with E-state index in [9.17, 15) is 0 Å². The van der Waals surface area contributed by atoms with E-state index < -0.39 is 0 Å². The minimum atomic E-state index is 0.166. The Kier molecular flexibility index (Phi) is 5.99. The predicted octanol–water partition coefficient (Wildman–Crippen LogP) is 10.5. The van der Waals surface area contributed by atoms with Crippen molar-refractivity contribution in [1.29, 1.82) is 0 Å². The number of hydrogen-bond acceptors (Lipinski definition) is 3. The van der Waals surface area contributed by atoms with Crippen molar-refractivity contribution in [2.45, 2.75) is 31.1 Å². The lowest BCUT2D eigenvalue weighted by Gasteiger charge is -2.27. The Balaban J connectivity index is 1.11. The van der Waals surface area contributed by atoms with Crippen LogP contribution in [0, 0.1) is 0 Å². The third-order valence-corrected chi connectivity index (χ3v) is 9.88. The molecule has 3 nitrogen and oxygen atoms in total. The van der Waals surface area contributed by atoms with Crippen molar-refractivity contribution in [2.75, 3.05) is 0 Å². The Morgan fingerprint density at radius 1 is 0.378 bits per heavy atom. The minimum Gasteiger partial charge on any atom is -0.208 e. The summed E-state index contributed by atoms with van der Waals surface area (Å²) in [6.45, 7) is 0. The normalized spacial score (nSPS) is 14.5. The molecule has 0 aliphatic heterocycles. The van der Waals surface area contributed by atoms with Crippen LogP contribution in [-0.4, -0.2) is 15.0 Å². The van der Waals surface area contributed by atoms with Crippen molar-refractivity contribution >= 4 is 10.8 Å². The largest absolute Gasteiger partial charge is 0.208 e. The first-order valence-corrected chi connectivity index (χ1v) is 15.9. The van der Waals surface area contributed by atoms with Crippen LogP contribution < -0.4 is 0 Å². The summed E-state index contributed by atoms with van der Waals surface area (Å²) in [5.74, 6) is 2.02. The summed E-state index contributed by atoms with van der Waals surface area (Å²) < 4.78 is 0. The maximum absolute atomic E-state index is 5.00. The van der Waals surface area contributed by atoms with Crippen LogP contribution in [0.3, 0.4) is 0 Å². The summed E-state index contributed by atoms with van der Waals surface area (Å²) in [5, 5.41) is 2.36. The summed E-state index contributed by atoms with van der Waals surface area (Å²) in [7, 11) is 0. The summed E-state index contributed by atoms with van der Waals surface area (Å²) in [4.78, 5) is 14.9. The van der Waals surface area contributed by atoms with Crippen LogP contribution in [0.4, 0.5) is 0 Å². The summed E-state index contributed by atoms with van der Waals surface area (Å²) in [5.41, 5.74) is 11.4. The first-order valence-electron chi connectivity index (χ1n) is 15.9. The summed E-state index contributed by atoms with van der Waals surface area (Å²) in [6, 6.07) is 49.8. The van der Waals surface area contributed by atoms with Gasteiger partial charge in [-0.25, -0.2) is 15.0 Å². The molecule has 0 atom stereocenters. The van der Waals surface area contributed by atoms with E-state index in [1.807, 2.05) is 18.2 Å². The molecule has 7 aromatic rings. The Labute approximate surface area is 263 Å². The topological polar surface area (TPSA) is 38.7 Å². The van der Waals surface area contributed by atoms with Crippen LogP contribution >= 0.6 is 0 Å². The molecular formula is C42H31N3. The Hall–Kier alpha value is -5.41. The van der Waals surface area contributed by atoms with Gasteiger partial charge in [0, 0.05) is 22.1 Å². The van der Waals surface area contributed by atoms with Gasteiger partial charge in [0.15, 0.2) is 17.5 Å². The third kappa shape index (κ3) is 4.30. The number of nitrogens with zero attached hydrogens (tertiary/aromatic N) is 3. The number of rotatable bonds is 4. The first kappa shape index (κ1) is 26.0. The van der Waals surface area contributed by atoms with Crippen molar-refractivity contribution in [3.05, 3.63) is 151 Å². The fourth-order valence-electron chi connectivity index (χ4n) is 7.64. The molecule has 9 rings (SSSR count). The standard InChI is InChI=1S/C42H31N3/c1-2-11-30(12-3-1)39-43-40(45-41(44-39)34-21-18-28-10-4-5-13-32(28)26-34)31-19-16-29(17-20-31)33-22-23-36-35-14-6-7-15-37(35)42(38(36)27-33)24-8-9-25-42/h1-7,10-23,26-27H,8-9,24-25H2. The first-order chi connectivity index (χ1) is 22.2. The molecule has 2 aliphatic carbocycles. The highest BCUT2D eigenvalue weighted by Crippen LogP contribution is 2.57. The predicted molar refractivity (Wildman–Crippen MR) is 184 cm³/mol. The molecule has 0 radical (unpaired) electrons. The molecule has 0 saturated heterocycles. The summed E-state index contributed by atoms with van der Waals surface area (Å²) >= 11 is 0. The van der Waals surface area contributed by atoms with Crippen LogP contribution in [0.15, 0.2) is 140 Å². The zero-order chi connectivity index (χ0) is 29.8.